The largest absolute Gasteiger partial charge is 0.493 e. The van der Waals surface area contributed by atoms with Crippen molar-refractivity contribution in [2.45, 2.75) is 40.5 Å². The number of amides is 2. The quantitative estimate of drug-likeness (QED) is 0.522. The highest BCUT2D eigenvalue weighted by Crippen LogP contribution is 2.26. The van der Waals surface area contributed by atoms with Gasteiger partial charge in [0, 0.05) is 21.3 Å². The van der Waals surface area contributed by atoms with Crippen molar-refractivity contribution < 1.29 is 14.3 Å². The third-order valence-electron chi connectivity index (χ3n) is 4.00. The standard InChI is InChI=1S/C22H27BrN2O3/c1-5-6-12-28-19-11-10-15(23)13-18(19)20(26)24-16-8-7-9-17(14-16)25-21(27)22(2,3)4/h7-11,13-14H,5-6,12H2,1-4H3,(H,24,26)(H,25,27). The summed E-state index contributed by atoms with van der Waals surface area (Å²) in [6.07, 6.45) is 1.94. The molecule has 2 N–H and O–H groups in total. The zero-order valence-corrected chi connectivity index (χ0v) is 18.4. The second-order valence-electron chi connectivity index (χ2n) is 7.58. The lowest BCUT2D eigenvalue weighted by molar-refractivity contribution is -0.123. The van der Waals surface area contributed by atoms with Gasteiger partial charge in [0.05, 0.1) is 12.2 Å². The Labute approximate surface area is 175 Å². The fraction of sp³-hybridized carbons (Fsp3) is 0.364. The van der Waals surface area contributed by atoms with E-state index in [-0.39, 0.29) is 11.8 Å². The van der Waals surface area contributed by atoms with E-state index in [0.29, 0.717) is 29.3 Å². The van der Waals surface area contributed by atoms with Gasteiger partial charge in [-0.3, -0.25) is 9.59 Å². The van der Waals surface area contributed by atoms with Crippen LogP contribution in [0.1, 0.15) is 50.9 Å². The van der Waals surface area contributed by atoms with Crippen LogP contribution in [0.5, 0.6) is 5.75 Å². The highest BCUT2D eigenvalue weighted by atomic mass is 79.9. The van der Waals surface area contributed by atoms with Crippen molar-refractivity contribution in [2.24, 2.45) is 5.41 Å². The average molecular weight is 447 g/mol. The Kier molecular flexibility index (Phi) is 7.63. The molecule has 0 aliphatic carbocycles. The number of nitrogens with one attached hydrogen (secondary N) is 2. The molecule has 0 spiro atoms. The number of carbonyl (C=O) groups is 2. The van der Waals surface area contributed by atoms with Crippen molar-refractivity contribution in [3.8, 4) is 5.75 Å². The Balaban J connectivity index is 2.16. The molecule has 0 aromatic heterocycles. The Morgan fingerprint density at radius 3 is 2.36 bits per heavy atom. The van der Waals surface area contributed by atoms with Gasteiger partial charge in [-0.15, -0.1) is 0 Å². The van der Waals surface area contributed by atoms with E-state index in [1.54, 1.807) is 36.4 Å². The van der Waals surface area contributed by atoms with Crippen LogP contribution in [0.15, 0.2) is 46.9 Å². The van der Waals surface area contributed by atoms with Crippen LogP contribution in [0.2, 0.25) is 0 Å². The van der Waals surface area contributed by atoms with E-state index in [9.17, 15) is 9.59 Å². The number of benzene rings is 2. The second kappa shape index (κ2) is 9.73. The van der Waals surface area contributed by atoms with Crippen LogP contribution in [0.3, 0.4) is 0 Å². The third-order valence-corrected chi connectivity index (χ3v) is 4.49. The maximum absolute atomic E-state index is 12.8. The minimum atomic E-state index is -0.500. The summed E-state index contributed by atoms with van der Waals surface area (Å²) in [5.74, 6) is 0.188. The summed E-state index contributed by atoms with van der Waals surface area (Å²) in [4.78, 5) is 25.0. The first kappa shape index (κ1) is 22.0. The summed E-state index contributed by atoms with van der Waals surface area (Å²) < 4.78 is 6.56. The predicted octanol–water partition coefficient (Wildman–Crippen LogP) is 5.86. The molecule has 0 aliphatic rings. The first-order chi connectivity index (χ1) is 13.2. The summed E-state index contributed by atoms with van der Waals surface area (Å²) in [6.45, 7) is 8.20. The van der Waals surface area contributed by atoms with Crippen molar-refractivity contribution >= 4 is 39.1 Å². The summed E-state index contributed by atoms with van der Waals surface area (Å²) in [7, 11) is 0. The molecule has 0 atom stereocenters. The summed E-state index contributed by atoms with van der Waals surface area (Å²) in [5.41, 5.74) is 1.18. The number of anilines is 2. The Hall–Kier alpha value is -2.34. The minimum Gasteiger partial charge on any atom is -0.493 e. The molecule has 0 radical (unpaired) electrons. The van der Waals surface area contributed by atoms with Gasteiger partial charge in [-0.1, -0.05) is 56.1 Å². The summed E-state index contributed by atoms with van der Waals surface area (Å²) in [6, 6.07) is 12.5. The monoisotopic (exact) mass is 446 g/mol. The fourth-order valence-electron chi connectivity index (χ4n) is 2.32. The van der Waals surface area contributed by atoms with Crippen LogP contribution in [-0.4, -0.2) is 18.4 Å². The third kappa shape index (κ3) is 6.37. The molecule has 0 saturated carbocycles. The molecule has 2 amide bonds. The highest BCUT2D eigenvalue weighted by molar-refractivity contribution is 9.10. The van der Waals surface area contributed by atoms with Crippen LogP contribution in [0.25, 0.3) is 0 Å². The van der Waals surface area contributed by atoms with E-state index in [2.05, 4.69) is 33.5 Å². The van der Waals surface area contributed by atoms with Crippen molar-refractivity contribution in [3.63, 3.8) is 0 Å². The van der Waals surface area contributed by atoms with E-state index in [1.165, 1.54) is 0 Å². The maximum atomic E-state index is 12.8. The molecule has 0 fully saturated rings. The van der Waals surface area contributed by atoms with E-state index < -0.39 is 5.41 Å². The van der Waals surface area contributed by atoms with Gasteiger partial charge in [0.2, 0.25) is 5.91 Å². The SMILES string of the molecule is CCCCOc1ccc(Br)cc1C(=O)Nc1cccc(NC(=O)C(C)(C)C)c1. The van der Waals surface area contributed by atoms with Gasteiger partial charge < -0.3 is 15.4 Å². The van der Waals surface area contributed by atoms with Crippen LogP contribution in [0.4, 0.5) is 11.4 Å². The van der Waals surface area contributed by atoms with Gasteiger partial charge in [-0.25, -0.2) is 0 Å². The molecule has 2 rings (SSSR count). The second-order valence-corrected chi connectivity index (χ2v) is 8.50. The van der Waals surface area contributed by atoms with Gasteiger partial charge >= 0.3 is 0 Å². The molecule has 6 heteroatoms. The maximum Gasteiger partial charge on any atom is 0.259 e. The molecule has 0 saturated heterocycles. The zero-order chi connectivity index (χ0) is 20.7. The lowest BCUT2D eigenvalue weighted by Gasteiger charge is -2.18. The lowest BCUT2D eigenvalue weighted by Crippen LogP contribution is -2.27. The first-order valence-electron chi connectivity index (χ1n) is 9.36. The molecule has 5 nitrogen and oxygen atoms in total. The van der Waals surface area contributed by atoms with Gasteiger partial charge in [0.15, 0.2) is 0 Å². The molecular formula is C22H27BrN2O3. The smallest absolute Gasteiger partial charge is 0.259 e. The molecule has 0 heterocycles. The van der Waals surface area contributed by atoms with Crippen molar-refractivity contribution in [2.75, 3.05) is 17.2 Å². The summed E-state index contributed by atoms with van der Waals surface area (Å²) >= 11 is 3.41. The molecule has 0 bridgehead atoms. The molecule has 150 valence electrons. The van der Waals surface area contributed by atoms with Crippen LogP contribution in [-0.2, 0) is 4.79 Å². The Bertz CT molecular complexity index is 844. The predicted molar refractivity (Wildman–Crippen MR) is 117 cm³/mol. The van der Waals surface area contributed by atoms with Gasteiger partial charge in [-0.05, 0) is 42.8 Å². The molecule has 0 aliphatic heterocycles. The van der Waals surface area contributed by atoms with Gasteiger partial charge in [0.25, 0.3) is 5.91 Å². The minimum absolute atomic E-state index is 0.0884. The molecular weight excluding hydrogens is 420 g/mol. The van der Waals surface area contributed by atoms with E-state index in [4.69, 9.17) is 4.74 Å². The van der Waals surface area contributed by atoms with Crippen molar-refractivity contribution in [3.05, 3.63) is 52.5 Å². The topological polar surface area (TPSA) is 67.4 Å². The Morgan fingerprint density at radius 1 is 1.04 bits per heavy atom. The van der Waals surface area contributed by atoms with Crippen LogP contribution >= 0.6 is 15.9 Å². The van der Waals surface area contributed by atoms with E-state index >= 15 is 0 Å². The number of halogens is 1. The highest BCUT2D eigenvalue weighted by Gasteiger charge is 2.21. The zero-order valence-electron chi connectivity index (χ0n) is 16.8. The van der Waals surface area contributed by atoms with Crippen LogP contribution < -0.4 is 15.4 Å². The van der Waals surface area contributed by atoms with Crippen molar-refractivity contribution in [1.82, 2.24) is 0 Å². The number of ether oxygens (including phenoxy) is 1. The number of rotatable bonds is 7. The van der Waals surface area contributed by atoms with Crippen LogP contribution in [0, 0.1) is 5.41 Å². The van der Waals surface area contributed by atoms with E-state index in [1.807, 2.05) is 26.8 Å². The number of carbonyl (C=O) groups excluding carboxylic acids is 2. The van der Waals surface area contributed by atoms with Crippen molar-refractivity contribution in [1.29, 1.82) is 0 Å². The molecule has 2 aromatic rings. The number of hydrogen-bond acceptors (Lipinski definition) is 3. The molecule has 2 aromatic carbocycles. The van der Waals surface area contributed by atoms with Gasteiger partial charge in [-0.2, -0.15) is 0 Å². The Morgan fingerprint density at radius 2 is 1.71 bits per heavy atom. The van der Waals surface area contributed by atoms with E-state index in [0.717, 1.165) is 17.3 Å². The number of hydrogen-bond donors (Lipinski definition) is 2. The first-order valence-corrected chi connectivity index (χ1v) is 10.1. The van der Waals surface area contributed by atoms with Gasteiger partial charge in [0.1, 0.15) is 5.75 Å². The summed E-state index contributed by atoms with van der Waals surface area (Å²) in [5, 5.41) is 5.75. The molecule has 28 heavy (non-hydrogen) atoms. The fourth-order valence-corrected chi connectivity index (χ4v) is 2.68. The average Bonchev–Trinajstić information content (AvgIpc) is 2.62. The molecule has 0 unspecified atom stereocenters. The lowest BCUT2D eigenvalue weighted by atomic mass is 9.95. The normalized spacial score (nSPS) is 11.0. The number of unbranched alkanes of at least 4 members (excludes halogenated alkanes) is 1.